The van der Waals surface area contributed by atoms with Gasteiger partial charge in [-0.3, -0.25) is 0 Å². The topological polar surface area (TPSA) is 26.0 Å². The first-order valence-corrected chi connectivity index (χ1v) is 7.34. The fourth-order valence-electron chi connectivity index (χ4n) is 1.64. The largest absolute Gasteiger partial charge is 0.327 e. The quantitative estimate of drug-likeness (QED) is 0.753. The van der Waals surface area contributed by atoms with Gasteiger partial charge in [0, 0.05) is 11.1 Å². The van der Waals surface area contributed by atoms with Crippen LogP contribution in [0.1, 0.15) is 25.3 Å². The number of halogens is 1. The third kappa shape index (κ3) is 5.24. The van der Waals surface area contributed by atoms with E-state index in [0.29, 0.717) is 0 Å². The lowest BCUT2D eigenvalue weighted by Gasteiger charge is -2.12. The molecule has 0 aliphatic rings. The van der Waals surface area contributed by atoms with Crippen molar-refractivity contribution in [2.24, 2.45) is 5.73 Å². The van der Waals surface area contributed by atoms with Gasteiger partial charge in [-0.2, -0.15) is 11.8 Å². The van der Waals surface area contributed by atoms with Gasteiger partial charge in [0.1, 0.15) is 0 Å². The van der Waals surface area contributed by atoms with Crippen molar-refractivity contribution >= 4 is 23.4 Å². The molecular weight excluding hydrogens is 238 g/mol. The molecule has 0 aliphatic carbocycles. The Morgan fingerprint density at radius 1 is 1.38 bits per heavy atom. The van der Waals surface area contributed by atoms with Gasteiger partial charge in [0.15, 0.2) is 0 Å². The second kappa shape index (κ2) is 7.99. The minimum absolute atomic E-state index is 0.234. The Morgan fingerprint density at radius 3 is 2.81 bits per heavy atom. The number of benzene rings is 1. The van der Waals surface area contributed by atoms with Crippen LogP contribution in [-0.2, 0) is 6.42 Å². The van der Waals surface area contributed by atoms with Crippen LogP contribution < -0.4 is 5.73 Å². The maximum Gasteiger partial charge on any atom is 0.0438 e. The van der Waals surface area contributed by atoms with E-state index in [1.165, 1.54) is 23.5 Å². The molecule has 0 aromatic heterocycles. The molecule has 0 saturated heterocycles. The molecule has 1 atom stereocenters. The van der Waals surface area contributed by atoms with Crippen molar-refractivity contribution in [3.05, 3.63) is 34.9 Å². The lowest BCUT2D eigenvalue weighted by Crippen LogP contribution is -2.23. The fourth-order valence-corrected chi connectivity index (χ4v) is 2.51. The highest BCUT2D eigenvalue weighted by molar-refractivity contribution is 7.99. The summed E-state index contributed by atoms with van der Waals surface area (Å²) in [4.78, 5) is 0. The standard InChI is InChI=1S/C13H20ClNS/c1-2-16-9-5-7-12(15)10-11-6-3-4-8-13(11)14/h3-4,6,8,12H,2,5,7,9-10,15H2,1H3. The first kappa shape index (κ1) is 13.9. The molecule has 1 aromatic carbocycles. The smallest absolute Gasteiger partial charge is 0.0438 e. The molecule has 0 amide bonds. The highest BCUT2D eigenvalue weighted by atomic mass is 35.5. The first-order chi connectivity index (χ1) is 7.74. The zero-order valence-corrected chi connectivity index (χ0v) is 11.4. The van der Waals surface area contributed by atoms with Crippen molar-refractivity contribution in [1.82, 2.24) is 0 Å². The molecule has 0 radical (unpaired) electrons. The second-order valence-corrected chi connectivity index (χ2v) is 5.70. The van der Waals surface area contributed by atoms with E-state index >= 15 is 0 Å². The summed E-state index contributed by atoms with van der Waals surface area (Å²) in [5, 5.41) is 0.834. The van der Waals surface area contributed by atoms with E-state index in [2.05, 4.69) is 13.0 Å². The van der Waals surface area contributed by atoms with Gasteiger partial charge in [-0.05, 0) is 42.4 Å². The van der Waals surface area contributed by atoms with E-state index in [1.807, 2.05) is 30.0 Å². The molecule has 2 N–H and O–H groups in total. The van der Waals surface area contributed by atoms with E-state index in [4.69, 9.17) is 17.3 Å². The van der Waals surface area contributed by atoms with Crippen molar-refractivity contribution in [2.75, 3.05) is 11.5 Å². The highest BCUT2D eigenvalue weighted by Gasteiger charge is 2.06. The van der Waals surface area contributed by atoms with Gasteiger partial charge >= 0.3 is 0 Å². The summed E-state index contributed by atoms with van der Waals surface area (Å²) < 4.78 is 0. The molecule has 1 nitrogen and oxygen atoms in total. The van der Waals surface area contributed by atoms with Gasteiger partial charge in [0.25, 0.3) is 0 Å². The van der Waals surface area contributed by atoms with Crippen LogP contribution in [-0.4, -0.2) is 17.5 Å². The third-order valence-corrected chi connectivity index (χ3v) is 3.86. The van der Waals surface area contributed by atoms with Crippen LogP contribution >= 0.6 is 23.4 Å². The van der Waals surface area contributed by atoms with Gasteiger partial charge in [-0.25, -0.2) is 0 Å². The number of thioether (sulfide) groups is 1. The maximum atomic E-state index is 6.09. The van der Waals surface area contributed by atoms with Crippen molar-refractivity contribution in [2.45, 2.75) is 32.2 Å². The molecule has 90 valence electrons. The Hall–Kier alpha value is -0.180. The molecular formula is C13H20ClNS. The summed E-state index contributed by atoms with van der Waals surface area (Å²) in [6.45, 7) is 2.19. The average Bonchev–Trinajstić information content (AvgIpc) is 2.28. The maximum absolute atomic E-state index is 6.09. The first-order valence-electron chi connectivity index (χ1n) is 5.80. The summed E-state index contributed by atoms with van der Waals surface area (Å²) in [5.41, 5.74) is 7.26. The zero-order chi connectivity index (χ0) is 11.8. The second-order valence-electron chi connectivity index (χ2n) is 3.89. The minimum atomic E-state index is 0.234. The van der Waals surface area contributed by atoms with Gasteiger partial charge < -0.3 is 5.73 Å². The van der Waals surface area contributed by atoms with Crippen LogP contribution in [0.4, 0.5) is 0 Å². The van der Waals surface area contributed by atoms with Crippen molar-refractivity contribution in [1.29, 1.82) is 0 Å². The fraction of sp³-hybridized carbons (Fsp3) is 0.538. The molecule has 1 rings (SSSR count). The Kier molecular flexibility index (Phi) is 6.93. The van der Waals surface area contributed by atoms with Gasteiger partial charge in [-0.1, -0.05) is 36.7 Å². The molecule has 0 heterocycles. The van der Waals surface area contributed by atoms with Crippen LogP contribution in [0.15, 0.2) is 24.3 Å². The molecule has 0 spiro atoms. The number of rotatable bonds is 7. The molecule has 0 saturated carbocycles. The number of hydrogen-bond donors (Lipinski definition) is 1. The normalized spacial score (nSPS) is 12.7. The predicted molar refractivity (Wildman–Crippen MR) is 75.4 cm³/mol. The predicted octanol–water partition coefficient (Wildman–Crippen LogP) is 3.74. The SMILES string of the molecule is CCSCCCC(N)Cc1ccccc1Cl. The number of nitrogens with two attached hydrogens (primary N) is 1. The Balaban J connectivity index is 2.28. The van der Waals surface area contributed by atoms with Crippen LogP contribution in [0, 0.1) is 0 Å². The van der Waals surface area contributed by atoms with Crippen molar-refractivity contribution in [3.63, 3.8) is 0 Å². The third-order valence-electron chi connectivity index (χ3n) is 2.51. The van der Waals surface area contributed by atoms with E-state index in [-0.39, 0.29) is 6.04 Å². The van der Waals surface area contributed by atoms with Crippen molar-refractivity contribution < 1.29 is 0 Å². The summed E-state index contributed by atoms with van der Waals surface area (Å²) in [7, 11) is 0. The van der Waals surface area contributed by atoms with Crippen LogP contribution in [0.2, 0.25) is 5.02 Å². The monoisotopic (exact) mass is 257 g/mol. The van der Waals surface area contributed by atoms with Crippen LogP contribution in [0.25, 0.3) is 0 Å². The molecule has 3 heteroatoms. The van der Waals surface area contributed by atoms with E-state index in [0.717, 1.165) is 17.9 Å². The zero-order valence-electron chi connectivity index (χ0n) is 9.79. The highest BCUT2D eigenvalue weighted by Crippen LogP contribution is 2.17. The summed E-state index contributed by atoms with van der Waals surface area (Å²) in [5.74, 6) is 2.41. The lowest BCUT2D eigenvalue weighted by molar-refractivity contribution is 0.603. The Morgan fingerprint density at radius 2 is 2.12 bits per heavy atom. The van der Waals surface area contributed by atoms with E-state index < -0.39 is 0 Å². The molecule has 1 aromatic rings. The van der Waals surface area contributed by atoms with Crippen molar-refractivity contribution in [3.8, 4) is 0 Å². The Bertz CT molecular complexity index is 304. The lowest BCUT2D eigenvalue weighted by atomic mass is 10.0. The minimum Gasteiger partial charge on any atom is -0.327 e. The number of hydrogen-bond acceptors (Lipinski definition) is 2. The summed E-state index contributed by atoms with van der Waals surface area (Å²) >= 11 is 8.07. The van der Waals surface area contributed by atoms with Gasteiger partial charge in [0.2, 0.25) is 0 Å². The molecule has 0 fully saturated rings. The molecule has 1 unspecified atom stereocenters. The molecule has 16 heavy (non-hydrogen) atoms. The molecule has 0 bridgehead atoms. The Labute approximate surface area is 108 Å². The van der Waals surface area contributed by atoms with E-state index in [9.17, 15) is 0 Å². The van der Waals surface area contributed by atoms with E-state index in [1.54, 1.807) is 0 Å². The summed E-state index contributed by atoms with van der Waals surface area (Å²) in [6, 6.07) is 8.19. The summed E-state index contributed by atoms with van der Waals surface area (Å²) in [6.07, 6.45) is 3.17. The molecule has 0 aliphatic heterocycles. The van der Waals surface area contributed by atoms with Gasteiger partial charge in [-0.15, -0.1) is 0 Å². The van der Waals surface area contributed by atoms with Crippen LogP contribution in [0.5, 0.6) is 0 Å². The average molecular weight is 258 g/mol. The van der Waals surface area contributed by atoms with Gasteiger partial charge in [0.05, 0.1) is 0 Å². The van der Waals surface area contributed by atoms with Crippen LogP contribution in [0.3, 0.4) is 0 Å².